The van der Waals surface area contributed by atoms with Crippen LogP contribution >= 0.6 is 0 Å². The van der Waals surface area contributed by atoms with Gasteiger partial charge >= 0.3 is 0 Å². The quantitative estimate of drug-likeness (QED) is 0.646. The lowest BCUT2D eigenvalue weighted by Crippen LogP contribution is -2.18. The molecule has 72 valence electrons. The number of halogens is 3. The highest BCUT2D eigenvalue weighted by atomic mass is 19.2. The average molecular weight is 189 g/mol. The molecule has 0 bridgehead atoms. The molecule has 0 radical (unpaired) electrons. The zero-order chi connectivity index (χ0) is 10.0. The molecule has 0 heterocycles. The third-order valence-electron chi connectivity index (χ3n) is 1.90. The van der Waals surface area contributed by atoms with Crippen LogP contribution in [0.25, 0.3) is 0 Å². The summed E-state index contributed by atoms with van der Waals surface area (Å²) in [5, 5.41) is 0. The molecule has 0 aromatic heterocycles. The second-order valence-corrected chi connectivity index (χ2v) is 2.71. The maximum atomic E-state index is 13.0. The van der Waals surface area contributed by atoms with Crippen molar-refractivity contribution in [2.45, 2.75) is 6.92 Å². The van der Waals surface area contributed by atoms with Gasteiger partial charge < -0.3 is 4.90 Å². The van der Waals surface area contributed by atoms with Gasteiger partial charge in [-0.2, -0.15) is 0 Å². The number of anilines is 1. The van der Waals surface area contributed by atoms with Gasteiger partial charge in [0.1, 0.15) is 0 Å². The molecule has 0 spiro atoms. The Labute approximate surface area is 74.8 Å². The second kappa shape index (κ2) is 3.68. The van der Waals surface area contributed by atoms with Crippen LogP contribution in [0.2, 0.25) is 0 Å². The van der Waals surface area contributed by atoms with E-state index in [9.17, 15) is 13.2 Å². The molecule has 0 fully saturated rings. The molecule has 0 amide bonds. The van der Waals surface area contributed by atoms with Gasteiger partial charge in [0.2, 0.25) is 0 Å². The maximum Gasteiger partial charge on any atom is 0.196 e. The smallest absolute Gasteiger partial charge is 0.196 e. The first kappa shape index (κ1) is 9.89. The monoisotopic (exact) mass is 189 g/mol. The van der Waals surface area contributed by atoms with Crippen LogP contribution in [-0.2, 0) is 0 Å². The lowest BCUT2D eigenvalue weighted by molar-refractivity contribution is 0.447. The molecule has 0 saturated carbocycles. The van der Waals surface area contributed by atoms with Crippen molar-refractivity contribution in [3.05, 3.63) is 29.6 Å². The zero-order valence-electron chi connectivity index (χ0n) is 7.44. The lowest BCUT2D eigenvalue weighted by atomic mass is 10.2. The fourth-order valence-corrected chi connectivity index (χ4v) is 0.981. The minimum Gasteiger partial charge on any atom is -0.372 e. The molecule has 1 aromatic carbocycles. The summed E-state index contributed by atoms with van der Waals surface area (Å²) in [6.07, 6.45) is 0. The molecule has 0 N–H and O–H groups in total. The molecule has 1 nitrogen and oxygen atoms in total. The van der Waals surface area contributed by atoms with E-state index >= 15 is 0 Å². The Bertz CT molecular complexity index is 312. The minimum atomic E-state index is -1.42. The van der Waals surface area contributed by atoms with Crippen LogP contribution in [0.4, 0.5) is 18.9 Å². The Morgan fingerprint density at radius 1 is 1.15 bits per heavy atom. The summed E-state index contributed by atoms with van der Waals surface area (Å²) >= 11 is 0. The van der Waals surface area contributed by atoms with Crippen molar-refractivity contribution in [1.29, 1.82) is 0 Å². The van der Waals surface area contributed by atoms with Crippen molar-refractivity contribution in [1.82, 2.24) is 0 Å². The summed E-state index contributed by atoms with van der Waals surface area (Å²) in [5.41, 5.74) is 0.0707. The normalized spacial score (nSPS) is 10.2. The minimum absolute atomic E-state index is 0.0707. The van der Waals surface area contributed by atoms with Crippen molar-refractivity contribution in [3.63, 3.8) is 0 Å². The summed E-state index contributed by atoms with van der Waals surface area (Å²) in [6.45, 7) is 2.32. The van der Waals surface area contributed by atoms with E-state index in [2.05, 4.69) is 0 Å². The van der Waals surface area contributed by atoms with E-state index in [0.29, 0.717) is 6.54 Å². The van der Waals surface area contributed by atoms with Gasteiger partial charge in [0.25, 0.3) is 0 Å². The van der Waals surface area contributed by atoms with Crippen LogP contribution in [-0.4, -0.2) is 13.6 Å². The molecule has 4 heteroatoms. The molecule has 13 heavy (non-hydrogen) atoms. The molecule has 1 aromatic rings. The first-order chi connectivity index (χ1) is 6.07. The third kappa shape index (κ3) is 1.76. The van der Waals surface area contributed by atoms with E-state index in [1.165, 1.54) is 11.0 Å². The van der Waals surface area contributed by atoms with Crippen LogP contribution in [0.15, 0.2) is 12.1 Å². The van der Waals surface area contributed by atoms with Crippen LogP contribution in [0.1, 0.15) is 6.92 Å². The number of hydrogen-bond donors (Lipinski definition) is 0. The number of rotatable bonds is 2. The molecule has 0 saturated heterocycles. The summed E-state index contributed by atoms with van der Waals surface area (Å²) < 4.78 is 38.2. The molecule has 0 aliphatic rings. The summed E-state index contributed by atoms with van der Waals surface area (Å²) in [5.74, 6) is -3.71. The molecular formula is C9H10F3N. The molecule has 0 aliphatic heterocycles. The Kier molecular flexibility index (Phi) is 2.80. The highest BCUT2D eigenvalue weighted by molar-refractivity contribution is 5.47. The van der Waals surface area contributed by atoms with E-state index in [0.717, 1.165) is 6.07 Å². The Hall–Kier alpha value is -1.19. The molecule has 0 unspecified atom stereocenters. The lowest BCUT2D eigenvalue weighted by Gasteiger charge is -2.17. The Morgan fingerprint density at radius 2 is 1.77 bits per heavy atom. The number of hydrogen-bond acceptors (Lipinski definition) is 1. The van der Waals surface area contributed by atoms with Gasteiger partial charge in [-0.25, -0.2) is 13.2 Å². The zero-order valence-corrected chi connectivity index (χ0v) is 7.44. The van der Waals surface area contributed by atoms with Gasteiger partial charge in [-0.3, -0.25) is 0 Å². The number of nitrogens with zero attached hydrogens (tertiary/aromatic N) is 1. The van der Waals surface area contributed by atoms with Crippen molar-refractivity contribution in [2.24, 2.45) is 0 Å². The summed E-state index contributed by atoms with van der Waals surface area (Å²) in [4.78, 5) is 1.50. The van der Waals surface area contributed by atoms with Crippen molar-refractivity contribution in [3.8, 4) is 0 Å². The van der Waals surface area contributed by atoms with Gasteiger partial charge in [0, 0.05) is 13.6 Å². The van der Waals surface area contributed by atoms with Crippen LogP contribution in [0, 0.1) is 17.5 Å². The van der Waals surface area contributed by atoms with E-state index in [4.69, 9.17) is 0 Å². The second-order valence-electron chi connectivity index (χ2n) is 2.71. The predicted octanol–water partition coefficient (Wildman–Crippen LogP) is 2.56. The molecule has 1 rings (SSSR count). The van der Waals surface area contributed by atoms with Crippen molar-refractivity contribution in [2.75, 3.05) is 18.5 Å². The van der Waals surface area contributed by atoms with Gasteiger partial charge in [-0.15, -0.1) is 0 Å². The largest absolute Gasteiger partial charge is 0.372 e. The Balaban J connectivity index is 3.18. The molecule has 0 atom stereocenters. The first-order valence-corrected chi connectivity index (χ1v) is 3.92. The SMILES string of the molecule is CCN(C)c1ccc(F)c(F)c1F. The van der Waals surface area contributed by atoms with Crippen molar-refractivity contribution >= 4 is 5.69 Å². The molecular weight excluding hydrogens is 179 g/mol. The van der Waals surface area contributed by atoms with Crippen molar-refractivity contribution < 1.29 is 13.2 Å². The third-order valence-corrected chi connectivity index (χ3v) is 1.90. The van der Waals surface area contributed by atoms with E-state index in [1.807, 2.05) is 0 Å². The van der Waals surface area contributed by atoms with Gasteiger partial charge in [-0.05, 0) is 19.1 Å². The summed E-state index contributed by atoms with van der Waals surface area (Å²) in [7, 11) is 1.61. The van der Waals surface area contributed by atoms with Crippen LogP contribution in [0.3, 0.4) is 0 Å². The average Bonchev–Trinajstić information content (AvgIpc) is 2.13. The standard InChI is InChI=1S/C9H10F3N/c1-3-13(2)7-5-4-6(10)8(11)9(7)12/h4-5H,3H2,1-2H3. The highest BCUT2D eigenvalue weighted by Crippen LogP contribution is 2.22. The Morgan fingerprint density at radius 3 is 2.31 bits per heavy atom. The topological polar surface area (TPSA) is 3.24 Å². The van der Waals surface area contributed by atoms with Gasteiger partial charge in [-0.1, -0.05) is 0 Å². The fraction of sp³-hybridized carbons (Fsp3) is 0.333. The van der Waals surface area contributed by atoms with Crippen LogP contribution in [0.5, 0.6) is 0 Å². The van der Waals surface area contributed by atoms with E-state index < -0.39 is 17.5 Å². The van der Waals surface area contributed by atoms with E-state index in [-0.39, 0.29) is 5.69 Å². The van der Waals surface area contributed by atoms with Gasteiger partial charge in [0.15, 0.2) is 17.5 Å². The fourth-order valence-electron chi connectivity index (χ4n) is 0.981. The highest BCUT2D eigenvalue weighted by Gasteiger charge is 2.14. The maximum absolute atomic E-state index is 13.0. The van der Waals surface area contributed by atoms with Gasteiger partial charge in [0.05, 0.1) is 5.69 Å². The van der Waals surface area contributed by atoms with E-state index in [1.54, 1.807) is 14.0 Å². The molecule has 0 aliphatic carbocycles. The predicted molar refractivity (Wildman–Crippen MR) is 45.3 cm³/mol. The summed E-state index contributed by atoms with van der Waals surface area (Å²) in [6, 6.07) is 2.14. The first-order valence-electron chi connectivity index (χ1n) is 3.92. The van der Waals surface area contributed by atoms with Crippen LogP contribution < -0.4 is 4.90 Å². The number of benzene rings is 1.